The van der Waals surface area contributed by atoms with Gasteiger partial charge in [0.2, 0.25) is 0 Å². The Morgan fingerprint density at radius 3 is 1.12 bits per heavy atom. The lowest BCUT2D eigenvalue weighted by Crippen LogP contribution is -2.09. The molecule has 136 valence electrons. The molecule has 0 saturated carbocycles. The van der Waals surface area contributed by atoms with E-state index in [1.54, 1.807) is 52.0 Å². The largest absolute Gasteiger partial charge is 0.426 e. The second kappa shape index (κ2) is 7.52. The van der Waals surface area contributed by atoms with Crippen LogP contribution in [-0.2, 0) is 9.59 Å². The molecule has 2 aromatic carbocycles. The number of carbonyl (C=O) groups excluding carboxylic acids is 3. The molecule has 0 aliphatic rings. The van der Waals surface area contributed by atoms with Gasteiger partial charge >= 0.3 is 11.9 Å². The fourth-order valence-corrected chi connectivity index (χ4v) is 2.94. The van der Waals surface area contributed by atoms with Crippen LogP contribution in [-0.4, -0.2) is 17.7 Å². The summed E-state index contributed by atoms with van der Waals surface area (Å²) in [6, 6.07) is 6.83. The molecule has 0 atom stereocenters. The van der Waals surface area contributed by atoms with Crippen LogP contribution in [0.25, 0.3) is 0 Å². The molecule has 0 radical (unpaired) electrons. The Morgan fingerprint density at radius 2 is 0.885 bits per heavy atom. The van der Waals surface area contributed by atoms with Crippen molar-refractivity contribution >= 4 is 17.7 Å². The summed E-state index contributed by atoms with van der Waals surface area (Å²) in [7, 11) is 0. The molecule has 0 aromatic heterocycles. The van der Waals surface area contributed by atoms with Crippen LogP contribution in [0.4, 0.5) is 0 Å². The second-order valence-corrected chi connectivity index (χ2v) is 6.39. The normalized spacial score (nSPS) is 10.4. The lowest BCUT2D eigenvalue weighted by atomic mass is 9.96. The van der Waals surface area contributed by atoms with Gasteiger partial charge in [0.1, 0.15) is 11.5 Å². The minimum atomic E-state index is -0.400. The molecule has 0 bridgehead atoms. The molecule has 0 unspecified atom stereocenters. The van der Waals surface area contributed by atoms with E-state index in [9.17, 15) is 14.4 Å². The average Bonchev–Trinajstić information content (AvgIpc) is 2.52. The third-order valence-electron chi connectivity index (χ3n) is 3.94. The van der Waals surface area contributed by atoms with Gasteiger partial charge in [0.15, 0.2) is 5.78 Å². The number of aryl methyl sites for hydroxylation is 4. The van der Waals surface area contributed by atoms with Crippen molar-refractivity contribution < 1.29 is 23.9 Å². The van der Waals surface area contributed by atoms with Crippen LogP contribution >= 0.6 is 0 Å². The van der Waals surface area contributed by atoms with E-state index in [0.717, 1.165) is 0 Å². The summed E-state index contributed by atoms with van der Waals surface area (Å²) in [5.41, 5.74) is 3.88. The van der Waals surface area contributed by atoms with Crippen molar-refractivity contribution in [2.45, 2.75) is 41.5 Å². The van der Waals surface area contributed by atoms with Gasteiger partial charge < -0.3 is 9.47 Å². The molecule has 0 aliphatic carbocycles. The van der Waals surface area contributed by atoms with Gasteiger partial charge in [-0.2, -0.15) is 0 Å². The van der Waals surface area contributed by atoms with E-state index in [0.29, 0.717) is 44.9 Å². The van der Waals surface area contributed by atoms with E-state index in [-0.39, 0.29) is 5.78 Å². The second-order valence-electron chi connectivity index (χ2n) is 6.39. The van der Waals surface area contributed by atoms with Crippen molar-refractivity contribution in [3.63, 3.8) is 0 Å². The quantitative estimate of drug-likeness (QED) is 0.471. The number of carbonyl (C=O) groups is 3. The lowest BCUT2D eigenvalue weighted by Gasteiger charge is -2.13. The van der Waals surface area contributed by atoms with Crippen molar-refractivity contribution in [1.82, 2.24) is 0 Å². The molecule has 0 aliphatic heterocycles. The highest BCUT2D eigenvalue weighted by molar-refractivity contribution is 6.09. The number of rotatable bonds is 4. The van der Waals surface area contributed by atoms with Crippen LogP contribution in [0.2, 0.25) is 0 Å². The standard InChI is InChI=1S/C21H22O5/c1-11-7-17(8-12(2)20(11)25-15(5)22)19(24)18-9-13(3)21(14(4)10-18)26-16(6)23/h7-10H,1-6H3. The van der Waals surface area contributed by atoms with Gasteiger partial charge in [-0.05, 0) is 74.2 Å². The molecular formula is C21H22O5. The number of hydrogen-bond donors (Lipinski definition) is 0. The van der Waals surface area contributed by atoms with E-state index in [1.165, 1.54) is 13.8 Å². The van der Waals surface area contributed by atoms with Crippen LogP contribution in [0.3, 0.4) is 0 Å². The minimum Gasteiger partial charge on any atom is -0.426 e. The summed E-state index contributed by atoms with van der Waals surface area (Å²) < 4.78 is 10.4. The van der Waals surface area contributed by atoms with Crippen LogP contribution in [0, 0.1) is 27.7 Å². The van der Waals surface area contributed by atoms with E-state index < -0.39 is 11.9 Å². The molecule has 0 saturated heterocycles. The molecule has 0 amide bonds. The Balaban J connectivity index is 2.43. The van der Waals surface area contributed by atoms with E-state index >= 15 is 0 Å². The topological polar surface area (TPSA) is 69.7 Å². The molecule has 0 N–H and O–H groups in total. The van der Waals surface area contributed by atoms with Crippen LogP contribution in [0.15, 0.2) is 24.3 Å². The van der Waals surface area contributed by atoms with Gasteiger partial charge in [0, 0.05) is 25.0 Å². The molecule has 5 heteroatoms. The van der Waals surface area contributed by atoms with Gasteiger partial charge in [-0.3, -0.25) is 14.4 Å². The Hall–Kier alpha value is -2.95. The third kappa shape index (κ3) is 4.17. The summed E-state index contributed by atoms with van der Waals surface area (Å²) in [5.74, 6) is 0.00885. The summed E-state index contributed by atoms with van der Waals surface area (Å²) in [6.07, 6.45) is 0. The molecule has 2 rings (SSSR count). The highest BCUT2D eigenvalue weighted by Gasteiger charge is 2.17. The maximum atomic E-state index is 12.9. The van der Waals surface area contributed by atoms with Gasteiger partial charge in [-0.15, -0.1) is 0 Å². The van der Waals surface area contributed by atoms with E-state index in [1.807, 2.05) is 0 Å². The van der Waals surface area contributed by atoms with E-state index in [4.69, 9.17) is 9.47 Å². The average molecular weight is 354 g/mol. The third-order valence-corrected chi connectivity index (χ3v) is 3.94. The highest BCUT2D eigenvalue weighted by Crippen LogP contribution is 2.29. The fraction of sp³-hybridized carbons (Fsp3) is 0.286. The number of esters is 2. The van der Waals surface area contributed by atoms with Crippen molar-refractivity contribution in [1.29, 1.82) is 0 Å². The summed E-state index contributed by atoms with van der Waals surface area (Å²) in [4.78, 5) is 35.3. The number of hydrogen-bond acceptors (Lipinski definition) is 5. The van der Waals surface area contributed by atoms with Gasteiger partial charge in [-0.25, -0.2) is 0 Å². The minimum absolute atomic E-state index is 0.147. The fourth-order valence-electron chi connectivity index (χ4n) is 2.94. The zero-order valence-electron chi connectivity index (χ0n) is 15.9. The number of ketones is 1. The molecule has 5 nitrogen and oxygen atoms in total. The first kappa shape index (κ1) is 19.4. The van der Waals surface area contributed by atoms with Crippen molar-refractivity contribution in [2.75, 3.05) is 0 Å². The Kier molecular flexibility index (Phi) is 5.60. The molecule has 0 spiro atoms. The lowest BCUT2D eigenvalue weighted by molar-refractivity contribution is -0.132. The Bertz CT molecular complexity index is 789. The summed E-state index contributed by atoms with van der Waals surface area (Å²) >= 11 is 0. The Morgan fingerprint density at radius 1 is 0.615 bits per heavy atom. The first-order valence-electron chi connectivity index (χ1n) is 8.24. The predicted octanol–water partition coefficient (Wildman–Crippen LogP) is 4.00. The van der Waals surface area contributed by atoms with Crippen molar-refractivity contribution in [2.24, 2.45) is 0 Å². The molecular weight excluding hydrogens is 332 g/mol. The molecule has 0 fully saturated rings. The SMILES string of the molecule is CC(=O)Oc1c(C)cc(C(=O)c2cc(C)c(OC(C)=O)c(C)c2)cc1C. The number of benzene rings is 2. The van der Waals surface area contributed by atoms with Crippen LogP contribution < -0.4 is 9.47 Å². The van der Waals surface area contributed by atoms with Crippen LogP contribution in [0.1, 0.15) is 52.0 Å². The van der Waals surface area contributed by atoms with Crippen LogP contribution in [0.5, 0.6) is 11.5 Å². The molecule has 26 heavy (non-hydrogen) atoms. The smallest absolute Gasteiger partial charge is 0.308 e. The maximum absolute atomic E-state index is 12.9. The molecule has 0 heterocycles. The maximum Gasteiger partial charge on any atom is 0.308 e. The monoisotopic (exact) mass is 354 g/mol. The summed E-state index contributed by atoms with van der Waals surface area (Å²) in [6.45, 7) is 9.86. The summed E-state index contributed by atoms with van der Waals surface area (Å²) in [5, 5.41) is 0. The van der Waals surface area contributed by atoms with Gasteiger partial charge in [0.25, 0.3) is 0 Å². The first-order valence-corrected chi connectivity index (χ1v) is 8.24. The first-order chi connectivity index (χ1) is 12.1. The molecule has 2 aromatic rings. The highest BCUT2D eigenvalue weighted by atomic mass is 16.5. The van der Waals surface area contributed by atoms with Gasteiger partial charge in [0.05, 0.1) is 0 Å². The zero-order chi connectivity index (χ0) is 19.6. The predicted molar refractivity (Wildman–Crippen MR) is 97.9 cm³/mol. The van der Waals surface area contributed by atoms with E-state index in [2.05, 4.69) is 0 Å². The van der Waals surface area contributed by atoms with Gasteiger partial charge in [-0.1, -0.05) is 0 Å². The number of ether oxygens (including phenoxy) is 2. The zero-order valence-corrected chi connectivity index (χ0v) is 15.9. The van der Waals surface area contributed by atoms with Crippen molar-refractivity contribution in [3.8, 4) is 11.5 Å². The Labute approximate surface area is 152 Å². The van der Waals surface area contributed by atoms with Crippen molar-refractivity contribution in [3.05, 3.63) is 57.6 Å².